The highest BCUT2D eigenvalue weighted by atomic mass is 35.5. The molecule has 0 atom stereocenters. The number of hydrazine groups is 1. The summed E-state index contributed by atoms with van der Waals surface area (Å²) in [5.74, 6) is 0. The van der Waals surface area contributed by atoms with Crippen LogP contribution in [-0.2, 0) is 0 Å². The Hall–Kier alpha value is -0.870. The first-order chi connectivity index (χ1) is 4.84. The smallest absolute Gasteiger partial charge is 0.176 e. The van der Waals surface area contributed by atoms with E-state index in [9.17, 15) is 0 Å². The zero-order chi connectivity index (χ0) is 7.40. The van der Waals surface area contributed by atoms with Gasteiger partial charge in [-0.15, -0.1) is 5.10 Å². The normalized spacial score (nSPS) is 9.40. The lowest BCUT2D eigenvalue weighted by atomic mass is 10.5. The first-order valence-corrected chi connectivity index (χ1v) is 3.12. The third-order valence-corrected chi connectivity index (χ3v) is 1.21. The zero-order valence-corrected chi connectivity index (χ0v) is 6.18. The average Bonchev–Trinajstić information content (AvgIpc) is 1.94. The van der Waals surface area contributed by atoms with E-state index in [0.29, 0.717) is 5.15 Å². The Bertz CT molecular complexity index is 215. The SMILES string of the molecule is CNNc1ccnnc1Cl. The van der Waals surface area contributed by atoms with Gasteiger partial charge >= 0.3 is 0 Å². The quantitative estimate of drug-likeness (QED) is 0.622. The van der Waals surface area contributed by atoms with Crippen LogP contribution in [0.1, 0.15) is 0 Å². The van der Waals surface area contributed by atoms with Crippen LogP contribution in [0.4, 0.5) is 5.69 Å². The number of anilines is 1. The largest absolute Gasteiger partial charge is 0.319 e. The number of aromatic nitrogens is 2. The highest BCUT2D eigenvalue weighted by molar-refractivity contribution is 6.31. The van der Waals surface area contributed by atoms with Crippen molar-refractivity contribution in [2.24, 2.45) is 0 Å². The fourth-order valence-electron chi connectivity index (χ4n) is 0.542. The third kappa shape index (κ3) is 1.55. The molecule has 1 heterocycles. The highest BCUT2D eigenvalue weighted by Crippen LogP contribution is 2.14. The van der Waals surface area contributed by atoms with Gasteiger partial charge in [0.1, 0.15) is 0 Å². The van der Waals surface area contributed by atoms with E-state index in [4.69, 9.17) is 11.6 Å². The van der Waals surface area contributed by atoms with Crippen molar-refractivity contribution in [2.45, 2.75) is 0 Å². The van der Waals surface area contributed by atoms with Crippen LogP contribution in [0.2, 0.25) is 5.15 Å². The molecule has 5 heteroatoms. The van der Waals surface area contributed by atoms with E-state index in [1.165, 1.54) is 0 Å². The Morgan fingerprint density at radius 1 is 1.60 bits per heavy atom. The van der Waals surface area contributed by atoms with Crippen molar-refractivity contribution >= 4 is 17.3 Å². The van der Waals surface area contributed by atoms with E-state index < -0.39 is 0 Å². The molecule has 0 saturated carbocycles. The number of rotatable bonds is 2. The summed E-state index contributed by atoms with van der Waals surface area (Å²) in [7, 11) is 1.75. The monoisotopic (exact) mass is 158 g/mol. The van der Waals surface area contributed by atoms with Gasteiger partial charge in [0, 0.05) is 7.05 Å². The van der Waals surface area contributed by atoms with Crippen LogP contribution in [0, 0.1) is 0 Å². The minimum Gasteiger partial charge on any atom is -0.319 e. The Morgan fingerprint density at radius 2 is 2.40 bits per heavy atom. The maximum Gasteiger partial charge on any atom is 0.176 e. The van der Waals surface area contributed by atoms with E-state index in [1.54, 1.807) is 19.3 Å². The van der Waals surface area contributed by atoms with Crippen molar-refractivity contribution in [1.82, 2.24) is 15.6 Å². The van der Waals surface area contributed by atoms with Gasteiger partial charge < -0.3 is 5.43 Å². The van der Waals surface area contributed by atoms with Gasteiger partial charge in [-0.1, -0.05) is 11.6 Å². The predicted octanol–water partition coefficient (Wildman–Crippen LogP) is 0.676. The molecular weight excluding hydrogens is 152 g/mol. The summed E-state index contributed by atoms with van der Waals surface area (Å²) in [6, 6.07) is 1.73. The third-order valence-electron chi connectivity index (χ3n) is 0.935. The molecule has 0 saturated heterocycles. The fourth-order valence-corrected chi connectivity index (χ4v) is 0.696. The van der Waals surface area contributed by atoms with Crippen LogP contribution in [0.3, 0.4) is 0 Å². The van der Waals surface area contributed by atoms with Crippen LogP contribution in [0.15, 0.2) is 12.3 Å². The number of nitrogens with zero attached hydrogens (tertiary/aromatic N) is 2. The number of hydrogen-bond acceptors (Lipinski definition) is 4. The summed E-state index contributed by atoms with van der Waals surface area (Å²) in [5, 5.41) is 7.55. The lowest BCUT2D eigenvalue weighted by molar-refractivity contribution is 0.960. The topological polar surface area (TPSA) is 49.8 Å². The molecule has 0 aliphatic carbocycles. The van der Waals surface area contributed by atoms with Gasteiger partial charge in [-0.3, -0.25) is 0 Å². The lowest BCUT2D eigenvalue weighted by Crippen LogP contribution is -2.15. The predicted molar refractivity (Wildman–Crippen MR) is 39.7 cm³/mol. The molecule has 0 fully saturated rings. The van der Waals surface area contributed by atoms with Crippen LogP contribution in [0.25, 0.3) is 0 Å². The molecule has 54 valence electrons. The van der Waals surface area contributed by atoms with Crippen LogP contribution < -0.4 is 10.9 Å². The van der Waals surface area contributed by atoms with Gasteiger partial charge in [0.05, 0.1) is 11.9 Å². The molecule has 1 aromatic heterocycles. The van der Waals surface area contributed by atoms with Gasteiger partial charge in [-0.05, 0) is 6.07 Å². The standard InChI is InChI=1S/C5H7ClN4/c1-7-9-4-2-3-8-10-5(4)6/h2-3,7H,1H3,(H,8,9). The van der Waals surface area contributed by atoms with E-state index >= 15 is 0 Å². The Kier molecular flexibility index (Phi) is 2.42. The summed E-state index contributed by atoms with van der Waals surface area (Å²) in [4.78, 5) is 0. The van der Waals surface area contributed by atoms with Crippen LogP contribution >= 0.6 is 11.6 Å². The molecule has 10 heavy (non-hydrogen) atoms. The summed E-state index contributed by atoms with van der Waals surface area (Å²) in [6.45, 7) is 0. The van der Waals surface area contributed by atoms with Crippen molar-refractivity contribution in [3.63, 3.8) is 0 Å². The van der Waals surface area contributed by atoms with Gasteiger partial charge in [-0.2, -0.15) is 5.10 Å². The molecule has 0 aliphatic heterocycles. The highest BCUT2D eigenvalue weighted by Gasteiger charge is 1.96. The van der Waals surface area contributed by atoms with Crippen LogP contribution in [-0.4, -0.2) is 17.2 Å². The second kappa shape index (κ2) is 3.34. The number of nitrogens with one attached hydrogen (secondary N) is 2. The molecule has 4 nitrogen and oxygen atoms in total. The Labute approximate surface area is 63.6 Å². The second-order valence-corrected chi connectivity index (χ2v) is 1.97. The second-order valence-electron chi connectivity index (χ2n) is 1.61. The zero-order valence-electron chi connectivity index (χ0n) is 5.43. The summed E-state index contributed by atoms with van der Waals surface area (Å²) < 4.78 is 0. The van der Waals surface area contributed by atoms with E-state index in [0.717, 1.165) is 5.69 Å². The van der Waals surface area contributed by atoms with Crippen LogP contribution in [0.5, 0.6) is 0 Å². The van der Waals surface area contributed by atoms with Gasteiger partial charge in [0.25, 0.3) is 0 Å². The number of hydrogen-bond donors (Lipinski definition) is 2. The van der Waals surface area contributed by atoms with E-state index in [1.807, 2.05) is 0 Å². The van der Waals surface area contributed by atoms with Crippen molar-refractivity contribution in [1.29, 1.82) is 0 Å². The molecule has 2 N–H and O–H groups in total. The van der Waals surface area contributed by atoms with Crippen molar-refractivity contribution in [3.05, 3.63) is 17.4 Å². The summed E-state index contributed by atoms with van der Waals surface area (Å²) in [5.41, 5.74) is 6.24. The molecule has 0 amide bonds. The van der Waals surface area contributed by atoms with E-state index in [-0.39, 0.29) is 0 Å². The van der Waals surface area contributed by atoms with Gasteiger partial charge in [0.2, 0.25) is 0 Å². The Balaban J connectivity index is 2.81. The molecular formula is C5H7ClN4. The molecule has 1 rings (SSSR count). The maximum atomic E-state index is 5.63. The molecule has 0 unspecified atom stereocenters. The maximum absolute atomic E-state index is 5.63. The first-order valence-electron chi connectivity index (χ1n) is 2.74. The fraction of sp³-hybridized carbons (Fsp3) is 0.200. The number of halogens is 1. The lowest BCUT2D eigenvalue weighted by Gasteiger charge is -2.02. The first kappa shape index (κ1) is 7.24. The molecule has 0 radical (unpaired) electrons. The van der Waals surface area contributed by atoms with E-state index in [2.05, 4.69) is 21.0 Å². The minimum absolute atomic E-state index is 0.358. The molecule has 0 aliphatic rings. The average molecular weight is 159 g/mol. The van der Waals surface area contributed by atoms with Gasteiger partial charge in [0.15, 0.2) is 5.15 Å². The van der Waals surface area contributed by atoms with Crippen molar-refractivity contribution < 1.29 is 0 Å². The molecule has 0 bridgehead atoms. The summed E-state index contributed by atoms with van der Waals surface area (Å²) >= 11 is 5.63. The molecule has 0 spiro atoms. The summed E-state index contributed by atoms with van der Waals surface area (Å²) in [6.07, 6.45) is 1.56. The van der Waals surface area contributed by atoms with Crippen molar-refractivity contribution in [3.8, 4) is 0 Å². The van der Waals surface area contributed by atoms with Gasteiger partial charge in [-0.25, -0.2) is 5.43 Å². The Morgan fingerprint density at radius 3 is 3.00 bits per heavy atom. The molecule has 1 aromatic rings. The minimum atomic E-state index is 0.358. The molecule has 0 aromatic carbocycles. The van der Waals surface area contributed by atoms with Crippen molar-refractivity contribution in [2.75, 3.05) is 12.5 Å².